The fourth-order valence-electron chi connectivity index (χ4n) is 2.10. The van der Waals surface area contributed by atoms with Crippen molar-refractivity contribution < 1.29 is 0 Å². The van der Waals surface area contributed by atoms with Crippen molar-refractivity contribution in [2.24, 2.45) is 0 Å². The van der Waals surface area contributed by atoms with Crippen molar-refractivity contribution in [3.63, 3.8) is 0 Å². The van der Waals surface area contributed by atoms with E-state index >= 15 is 0 Å². The predicted molar refractivity (Wildman–Crippen MR) is 59.6 cm³/mol. The molecule has 78 valence electrons. The summed E-state index contributed by atoms with van der Waals surface area (Å²) >= 11 is 0. The fraction of sp³-hybridized carbons (Fsp3) is 0.500. The number of piperidine rings is 1. The first-order valence-electron chi connectivity index (χ1n) is 5.44. The molecule has 0 aliphatic carbocycles. The summed E-state index contributed by atoms with van der Waals surface area (Å²) in [6.45, 7) is 3.35. The minimum Gasteiger partial charge on any atom is -0.368 e. The van der Waals surface area contributed by atoms with Crippen LogP contribution in [0.2, 0.25) is 0 Å². The average Bonchev–Trinajstić information content (AvgIpc) is 2.30. The molecule has 1 aliphatic heterocycles. The van der Waals surface area contributed by atoms with Gasteiger partial charge in [-0.3, -0.25) is 0 Å². The summed E-state index contributed by atoms with van der Waals surface area (Å²) in [6, 6.07) is 6.41. The highest BCUT2D eigenvalue weighted by Crippen LogP contribution is 2.23. The highest BCUT2D eigenvalue weighted by Gasteiger charge is 2.18. The molecule has 1 unspecified atom stereocenters. The number of hydrogen-bond donors (Lipinski definition) is 0. The molecule has 15 heavy (non-hydrogen) atoms. The van der Waals surface area contributed by atoms with Crippen molar-refractivity contribution in [2.75, 3.05) is 11.4 Å². The number of nitriles is 1. The molecule has 0 aromatic carbocycles. The van der Waals surface area contributed by atoms with E-state index in [4.69, 9.17) is 5.26 Å². The largest absolute Gasteiger partial charge is 0.368 e. The van der Waals surface area contributed by atoms with Crippen molar-refractivity contribution in [2.45, 2.75) is 32.2 Å². The van der Waals surface area contributed by atoms with Gasteiger partial charge in [0.05, 0.1) is 11.9 Å². The summed E-state index contributed by atoms with van der Waals surface area (Å²) in [7, 11) is 0. The van der Waals surface area contributed by atoms with Gasteiger partial charge in [0.25, 0.3) is 0 Å². The summed E-state index contributed by atoms with van der Waals surface area (Å²) in [5.41, 5.74) is 1.63. The molecule has 1 fully saturated rings. The number of hydrogen-bond acceptors (Lipinski definition) is 3. The minimum atomic E-state index is 0.489. The lowest BCUT2D eigenvalue weighted by Crippen LogP contribution is -2.37. The number of rotatable bonds is 1. The standard InChI is InChI=1S/C12H15N3/c1-10-4-2-3-7-15(10)12-6-5-11(8-13)14-9-12/h5-6,9-10H,2-4,7H2,1H3. The van der Waals surface area contributed by atoms with Crippen LogP contribution in [0.3, 0.4) is 0 Å². The Labute approximate surface area is 90.4 Å². The van der Waals surface area contributed by atoms with Crippen molar-refractivity contribution in [3.05, 3.63) is 24.0 Å². The summed E-state index contributed by atoms with van der Waals surface area (Å²) in [6.07, 6.45) is 5.63. The minimum absolute atomic E-state index is 0.489. The molecule has 0 N–H and O–H groups in total. The van der Waals surface area contributed by atoms with Crippen LogP contribution in [-0.4, -0.2) is 17.6 Å². The Balaban J connectivity index is 2.18. The number of pyridine rings is 1. The third-order valence-electron chi connectivity index (χ3n) is 3.00. The third kappa shape index (κ3) is 2.10. The van der Waals surface area contributed by atoms with Gasteiger partial charge in [-0.05, 0) is 38.3 Å². The normalized spacial score (nSPS) is 21.1. The van der Waals surface area contributed by atoms with E-state index in [0.717, 1.165) is 12.2 Å². The van der Waals surface area contributed by atoms with Gasteiger partial charge in [-0.15, -0.1) is 0 Å². The van der Waals surface area contributed by atoms with Crippen LogP contribution in [0.15, 0.2) is 18.3 Å². The summed E-state index contributed by atoms with van der Waals surface area (Å²) < 4.78 is 0. The van der Waals surface area contributed by atoms with Crippen molar-refractivity contribution in [1.82, 2.24) is 4.98 Å². The van der Waals surface area contributed by atoms with E-state index in [9.17, 15) is 0 Å². The van der Waals surface area contributed by atoms with E-state index in [0.29, 0.717) is 11.7 Å². The summed E-state index contributed by atoms with van der Waals surface area (Å²) in [5.74, 6) is 0. The van der Waals surface area contributed by atoms with Crippen molar-refractivity contribution in [1.29, 1.82) is 5.26 Å². The number of aromatic nitrogens is 1. The lowest BCUT2D eigenvalue weighted by atomic mass is 10.0. The Hall–Kier alpha value is -1.56. The molecular weight excluding hydrogens is 186 g/mol. The van der Waals surface area contributed by atoms with Crippen LogP contribution in [0.1, 0.15) is 31.9 Å². The first-order valence-corrected chi connectivity index (χ1v) is 5.44. The second-order valence-corrected chi connectivity index (χ2v) is 4.05. The highest BCUT2D eigenvalue weighted by molar-refractivity contribution is 5.47. The second-order valence-electron chi connectivity index (χ2n) is 4.05. The van der Waals surface area contributed by atoms with Crippen molar-refractivity contribution in [3.8, 4) is 6.07 Å². The third-order valence-corrected chi connectivity index (χ3v) is 3.00. The molecule has 1 aromatic rings. The Kier molecular flexibility index (Phi) is 2.86. The molecule has 0 saturated carbocycles. The maximum Gasteiger partial charge on any atom is 0.140 e. The molecule has 1 saturated heterocycles. The lowest BCUT2D eigenvalue weighted by molar-refractivity contribution is 0.484. The van der Waals surface area contributed by atoms with E-state index < -0.39 is 0 Å². The average molecular weight is 201 g/mol. The molecule has 0 radical (unpaired) electrons. The fourth-order valence-corrected chi connectivity index (χ4v) is 2.10. The van der Waals surface area contributed by atoms with Gasteiger partial charge in [0.15, 0.2) is 0 Å². The van der Waals surface area contributed by atoms with Gasteiger partial charge in [-0.25, -0.2) is 4.98 Å². The molecule has 3 nitrogen and oxygen atoms in total. The molecule has 0 amide bonds. The first kappa shape index (κ1) is 9.97. The second kappa shape index (κ2) is 4.31. The zero-order valence-electron chi connectivity index (χ0n) is 8.98. The molecule has 2 heterocycles. The topological polar surface area (TPSA) is 39.9 Å². The maximum atomic E-state index is 8.66. The molecular formula is C12H15N3. The van der Waals surface area contributed by atoms with Gasteiger partial charge in [-0.1, -0.05) is 0 Å². The van der Waals surface area contributed by atoms with Gasteiger partial charge >= 0.3 is 0 Å². The zero-order valence-corrected chi connectivity index (χ0v) is 8.98. The molecule has 1 aromatic heterocycles. The van der Waals surface area contributed by atoms with Crippen molar-refractivity contribution >= 4 is 5.69 Å². The molecule has 1 atom stereocenters. The van der Waals surface area contributed by atoms with Crippen LogP contribution in [0.4, 0.5) is 5.69 Å². The van der Waals surface area contributed by atoms with E-state index in [1.54, 1.807) is 12.3 Å². The molecule has 1 aliphatic rings. The van der Waals surface area contributed by atoms with E-state index in [1.165, 1.54) is 19.3 Å². The lowest BCUT2D eigenvalue weighted by Gasteiger charge is -2.35. The maximum absolute atomic E-state index is 8.66. The van der Waals surface area contributed by atoms with Gasteiger partial charge in [0.1, 0.15) is 11.8 Å². The Morgan fingerprint density at radius 1 is 1.47 bits per heavy atom. The SMILES string of the molecule is CC1CCCCN1c1ccc(C#N)nc1. The number of anilines is 1. The molecule has 2 rings (SSSR count). The summed E-state index contributed by atoms with van der Waals surface area (Å²) in [5, 5.41) is 8.66. The monoisotopic (exact) mass is 201 g/mol. The van der Waals surface area contributed by atoms with Crippen LogP contribution in [-0.2, 0) is 0 Å². The van der Waals surface area contributed by atoms with Crippen LogP contribution >= 0.6 is 0 Å². The summed E-state index contributed by atoms with van der Waals surface area (Å²) in [4.78, 5) is 6.48. The first-order chi connectivity index (χ1) is 7.31. The van der Waals surface area contributed by atoms with Gasteiger partial charge in [0.2, 0.25) is 0 Å². The Morgan fingerprint density at radius 3 is 2.93 bits per heavy atom. The van der Waals surface area contributed by atoms with E-state index in [1.807, 2.05) is 12.1 Å². The quantitative estimate of drug-likeness (QED) is 0.700. The molecule has 0 spiro atoms. The van der Waals surface area contributed by atoms with Crippen LogP contribution in [0.25, 0.3) is 0 Å². The highest BCUT2D eigenvalue weighted by atomic mass is 15.2. The molecule has 3 heteroatoms. The van der Waals surface area contributed by atoms with E-state index in [2.05, 4.69) is 16.8 Å². The predicted octanol–water partition coefficient (Wildman–Crippen LogP) is 2.33. The Morgan fingerprint density at radius 2 is 2.33 bits per heavy atom. The molecule has 0 bridgehead atoms. The number of nitrogens with zero attached hydrogens (tertiary/aromatic N) is 3. The smallest absolute Gasteiger partial charge is 0.140 e. The van der Waals surface area contributed by atoms with Gasteiger partial charge < -0.3 is 4.90 Å². The van der Waals surface area contributed by atoms with Gasteiger partial charge in [0, 0.05) is 12.6 Å². The zero-order chi connectivity index (χ0) is 10.7. The van der Waals surface area contributed by atoms with E-state index in [-0.39, 0.29) is 0 Å². The van der Waals surface area contributed by atoms with Crippen LogP contribution in [0.5, 0.6) is 0 Å². The Bertz CT molecular complexity index is 363. The van der Waals surface area contributed by atoms with Crippen LogP contribution in [0, 0.1) is 11.3 Å². The van der Waals surface area contributed by atoms with Gasteiger partial charge in [-0.2, -0.15) is 5.26 Å². The van der Waals surface area contributed by atoms with Crippen LogP contribution < -0.4 is 4.90 Å².